The Morgan fingerprint density at radius 2 is 1.71 bits per heavy atom. The number of aromatic nitrogens is 2. The van der Waals surface area contributed by atoms with Gasteiger partial charge < -0.3 is 24.7 Å². The van der Waals surface area contributed by atoms with Crippen LogP contribution in [0, 0.1) is 18.6 Å². The van der Waals surface area contributed by atoms with Crippen molar-refractivity contribution >= 4 is 23.2 Å². The minimum atomic E-state index is -0.792. The maximum absolute atomic E-state index is 16.3. The summed E-state index contributed by atoms with van der Waals surface area (Å²) in [4.78, 5) is 36.7. The number of hydrogen-bond donors (Lipinski definition) is 2. The van der Waals surface area contributed by atoms with Gasteiger partial charge in [-0.05, 0) is 93.8 Å². The number of nitrogens with one attached hydrogen (secondary N) is 2. The summed E-state index contributed by atoms with van der Waals surface area (Å²) >= 11 is 0. The number of aryl methyl sites for hydroxylation is 1. The number of likely N-dealkylation sites (tertiary alicyclic amines) is 1. The molecule has 1 fully saturated rings. The molecule has 2 N–H and O–H groups in total. The predicted octanol–water partition coefficient (Wildman–Crippen LogP) is 5.37. The lowest BCUT2D eigenvalue weighted by Gasteiger charge is -2.47. The summed E-state index contributed by atoms with van der Waals surface area (Å²) in [5, 5.41) is 5.84. The van der Waals surface area contributed by atoms with Crippen LogP contribution in [0.3, 0.4) is 0 Å². The molecule has 6 rings (SSSR count). The van der Waals surface area contributed by atoms with Crippen molar-refractivity contribution in [2.45, 2.75) is 12.5 Å². The Kier molecular flexibility index (Phi) is 9.03. The van der Waals surface area contributed by atoms with Crippen molar-refractivity contribution in [2.75, 3.05) is 41.3 Å². The van der Waals surface area contributed by atoms with Crippen LogP contribution in [0.4, 0.5) is 8.78 Å². The molecule has 3 heterocycles. The molecule has 1 saturated heterocycles. The first-order valence-electron chi connectivity index (χ1n) is 14.2. The number of halogens is 2. The van der Waals surface area contributed by atoms with Gasteiger partial charge in [0.15, 0.2) is 12.1 Å². The van der Waals surface area contributed by atoms with E-state index in [0.717, 1.165) is 0 Å². The van der Waals surface area contributed by atoms with Gasteiger partial charge in [-0.3, -0.25) is 9.59 Å². The van der Waals surface area contributed by atoms with Crippen LogP contribution in [0.15, 0.2) is 71.4 Å². The van der Waals surface area contributed by atoms with Crippen molar-refractivity contribution in [1.29, 1.82) is 0 Å². The van der Waals surface area contributed by atoms with E-state index in [0.29, 0.717) is 47.6 Å². The lowest BCUT2D eigenvalue weighted by atomic mass is 9.88. The van der Waals surface area contributed by atoms with E-state index in [9.17, 15) is 14.0 Å². The maximum atomic E-state index is 16.3. The molecule has 0 saturated carbocycles. The van der Waals surface area contributed by atoms with Gasteiger partial charge >= 0.3 is 0 Å². The smallest absolute Gasteiger partial charge is 0.255 e. The summed E-state index contributed by atoms with van der Waals surface area (Å²) in [6.07, 6.45) is 3.78. The fraction of sp³-hybridized carbons (Fsp3) is 0.235. The SMILES string of the molecule is CNC.COc1cc(C)c(-c2ccc3oc(-c4ccc(F)cc4)c(C=O)c3c2F)cc1C(=O)NC1(c2ncccn2)CN(C)C1. The van der Waals surface area contributed by atoms with Crippen molar-refractivity contribution < 1.29 is 27.5 Å². The molecular formula is C34H33F2N5O4. The third kappa shape index (κ3) is 5.92. The van der Waals surface area contributed by atoms with E-state index in [1.807, 2.05) is 26.0 Å². The first-order valence-corrected chi connectivity index (χ1v) is 14.2. The Bertz CT molecular complexity index is 1850. The average Bonchev–Trinajstić information content (AvgIpc) is 3.41. The minimum Gasteiger partial charge on any atom is -0.496 e. The van der Waals surface area contributed by atoms with Crippen LogP contribution < -0.4 is 15.4 Å². The number of hydrogen-bond acceptors (Lipinski definition) is 8. The highest BCUT2D eigenvalue weighted by atomic mass is 19.1. The highest BCUT2D eigenvalue weighted by Crippen LogP contribution is 2.40. The second-order valence-electron chi connectivity index (χ2n) is 10.9. The lowest BCUT2D eigenvalue weighted by molar-refractivity contribution is 0.0462. The molecular weight excluding hydrogens is 580 g/mol. The number of benzene rings is 3. The Labute approximate surface area is 259 Å². The summed E-state index contributed by atoms with van der Waals surface area (Å²) < 4.78 is 41.1. The van der Waals surface area contributed by atoms with Crippen molar-refractivity contribution in [3.05, 3.63) is 101 Å². The summed E-state index contributed by atoms with van der Waals surface area (Å²) in [5.41, 5.74) is 1.30. The Morgan fingerprint density at radius 1 is 1.04 bits per heavy atom. The van der Waals surface area contributed by atoms with E-state index in [1.165, 1.54) is 31.4 Å². The number of methoxy groups -OCH3 is 1. The predicted molar refractivity (Wildman–Crippen MR) is 167 cm³/mol. The third-order valence-corrected chi connectivity index (χ3v) is 7.56. The zero-order chi connectivity index (χ0) is 32.3. The number of fused-ring (bicyclic) bond motifs is 1. The van der Waals surface area contributed by atoms with Crippen LogP contribution in [0.25, 0.3) is 33.4 Å². The standard InChI is InChI=1S/C32H26F2N4O4.C2H7N/c1-18-13-26(41-3)23(30(40)37-32(16-38(2)17-32)31-35-11-4-12-36-31)14-22(18)21-9-10-25-27(28(21)34)24(15-39)29(42-25)19-5-7-20(33)8-6-19;1-3-2/h4-15H,16-17H2,1-3H3,(H,37,40);3H,1-2H3. The summed E-state index contributed by atoms with van der Waals surface area (Å²) in [6, 6.07) is 13.5. The van der Waals surface area contributed by atoms with Crippen LogP contribution in [-0.4, -0.2) is 68.4 Å². The van der Waals surface area contributed by atoms with Crippen LogP contribution >= 0.6 is 0 Å². The van der Waals surface area contributed by atoms with Crippen molar-refractivity contribution in [2.24, 2.45) is 0 Å². The van der Waals surface area contributed by atoms with Crippen molar-refractivity contribution in [3.63, 3.8) is 0 Å². The molecule has 232 valence electrons. The number of nitrogens with zero attached hydrogens (tertiary/aromatic N) is 3. The molecule has 3 aromatic carbocycles. The molecule has 2 aromatic heterocycles. The van der Waals surface area contributed by atoms with Gasteiger partial charge in [0.1, 0.15) is 34.3 Å². The van der Waals surface area contributed by atoms with Crippen LogP contribution in [0.2, 0.25) is 0 Å². The molecule has 1 aliphatic rings. The second-order valence-corrected chi connectivity index (χ2v) is 10.9. The van der Waals surface area contributed by atoms with Crippen molar-refractivity contribution in [1.82, 2.24) is 25.5 Å². The number of ether oxygens (including phenoxy) is 1. The van der Waals surface area contributed by atoms with Gasteiger partial charge in [0, 0.05) is 36.6 Å². The molecule has 45 heavy (non-hydrogen) atoms. The molecule has 0 bridgehead atoms. The maximum Gasteiger partial charge on any atom is 0.255 e. The van der Waals surface area contributed by atoms with Crippen LogP contribution in [-0.2, 0) is 5.54 Å². The largest absolute Gasteiger partial charge is 0.496 e. The zero-order valence-electron chi connectivity index (χ0n) is 25.6. The minimum absolute atomic E-state index is 0.000675. The van der Waals surface area contributed by atoms with Crippen molar-refractivity contribution in [3.8, 4) is 28.2 Å². The summed E-state index contributed by atoms with van der Waals surface area (Å²) in [5.74, 6) is -0.592. The van der Waals surface area contributed by atoms with Gasteiger partial charge in [-0.25, -0.2) is 18.7 Å². The van der Waals surface area contributed by atoms with Gasteiger partial charge in [0.25, 0.3) is 5.91 Å². The number of carbonyl (C=O) groups is 2. The van der Waals surface area contributed by atoms with Gasteiger partial charge in [0.05, 0.1) is 23.6 Å². The average molecular weight is 614 g/mol. The molecule has 1 amide bonds. The monoisotopic (exact) mass is 613 g/mol. The van der Waals surface area contributed by atoms with E-state index in [2.05, 4.69) is 20.6 Å². The molecule has 0 spiro atoms. The number of amides is 1. The van der Waals surface area contributed by atoms with E-state index >= 15 is 4.39 Å². The van der Waals surface area contributed by atoms with Gasteiger partial charge in [0.2, 0.25) is 0 Å². The highest BCUT2D eigenvalue weighted by molar-refractivity contribution is 6.05. The Morgan fingerprint density at radius 3 is 2.31 bits per heavy atom. The van der Waals surface area contributed by atoms with E-state index in [1.54, 1.807) is 49.6 Å². The number of carbonyl (C=O) groups excluding carboxylic acids is 2. The molecule has 0 atom stereocenters. The molecule has 11 heteroatoms. The van der Waals surface area contributed by atoms with E-state index in [4.69, 9.17) is 9.15 Å². The number of furan rings is 1. The number of aldehydes is 1. The fourth-order valence-corrected chi connectivity index (χ4v) is 5.61. The Hall–Kier alpha value is -5.00. The molecule has 0 unspecified atom stereocenters. The fourth-order valence-electron chi connectivity index (χ4n) is 5.61. The lowest BCUT2D eigenvalue weighted by Crippen LogP contribution is -2.67. The molecule has 0 aliphatic carbocycles. The van der Waals surface area contributed by atoms with Gasteiger partial charge in [-0.1, -0.05) is 0 Å². The summed E-state index contributed by atoms with van der Waals surface area (Å²) in [7, 11) is 7.14. The zero-order valence-corrected chi connectivity index (χ0v) is 25.6. The number of rotatable bonds is 7. The molecule has 1 aliphatic heterocycles. The summed E-state index contributed by atoms with van der Waals surface area (Å²) in [6.45, 7) is 2.81. The first kappa shape index (κ1) is 31.4. The highest BCUT2D eigenvalue weighted by Gasteiger charge is 2.46. The normalized spacial score (nSPS) is 13.8. The topological polar surface area (TPSA) is 110 Å². The van der Waals surface area contributed by atoms with E-state index in [-0.39, 0.29) is 33.4 Å². The van der Waals surface area contributed by atoms with Crippen LogP contribution in [0.1, 0.15) is 32.1 Å². The quantitative estimate of drug-likeness (QED) is 0.236. The van der Waals surface area contributed by atoms with Gasteiger partial charge in [-0.15, -0.1) is 0 Å². The molecule has 5 aromatic rings. The number of likely N-dealkylation sites (N-methyl/N-ethyl adjacent to an activating group) is 1. The molecule has 0 radical (unpaired) electrons. The van der Waals surface area contributed by atoms with E-state index < -0.39 is 23.1 Å². The molecule has 9 nitrogen and oxygen atoms in total. The van der Waals surface area contributed by atoms with Crippen LogP contribution in [0.5, 0.6) is 5.75 Å². The van der Waals surface area contributed by atoms with Gasteiger partial charge in [-0.2, -0.15) is 0 Å². The first-order chi connectivity index (χ1) is 21.7. The third-order valence-electron chi connectivity index (χ3n) is 7.56. The Balaban J connectivity index is 0.00000128. The second kappa shape index (κ2) is 12.9.